The van der Waals surface area contributed by atoms with Crippen LogP contribution in [0.5, 0.6) is 0 Å². The van der Waals surface area contributed by atoms with E-state index in [0.717, 1.165) is 38.7 Å². The molecule has 3 saturated carbocycles. The number of hydrogen-bond acceptors (Lipinski definition) is 3. The average molecular weight is 347 g/mol. The van der Waals surface area contributed by atoms with E-state index in [0.29, 0.717) is 23.5 Å². The molecule has 0 spiro atoms. The summed E-state index contributed by atoms with van der Waals surface area (Å²) in [6, 6.07) is 0. The fourth-order valence-electron chi connectivity index (χ4n) is 7.63. The van der Waals surface area contributed by atoms with Crippen molar-refractivity contribution in [2.24, 2.45) is 34.5 Å². The van der Waals surface area contributed by atoms with Gasteiger partial charge in [-0.1, -0.05) is 18.6 Å². The second kappa shape index (κ2) is 6.20. The van der Waals surface area contributed by atoms with Gasteiger partial charge >= 0.3 is 0 Å². The van der Waals surface area contributed by atoms with Crippen molar-refractivity contribution < 1.29 is 14.6 Å². The van der Waals surface area contributed by atoms with Crippen molar-refractivity contribution in [3.05, 3.63) is 11.6 Å². The Morgan fingerprint density at radius 3 is 2.76 bits per heavy atom. The molecular formula is C22H34O3. The Labute approximate surface area is 152 Å². The molecule has 0 aromatic heterocycles. The summed E-state index contributed by atoms with van der Waals surface area (Å²) in [5.74, 6) is 2.72. The molecule has 0 bridgehead atoms. The van der Waals surface area contributed by atoms with Gasteiger partial charge in [-0.25, -0.2) is 0 Å². The zero-order chi connectivity index (χ0) is 17.8. The summed E-state index contributed by atoms with van der Waals surface area (Å²) < 4.78 is 5.75. The molecule has 0 saturated heterocycles. The molecule has 3 fully saturated rings. The quantitative estimate of drug-likeness (QED) is 0.781. The Hall–Kier alpha value is -0.670. The molecule has 0 radical (unpaired) electrons. The van der Waals surface area contributed by atoms with Gasteiger partial charge in [-0.05, 0) is 81.5 Å². The molecular weight excluding hydrogens is 312 g/mol. The predicted octanol–water partition coefficient (Wildman–Crippen LogP) is 4.14. The average Bonchev–Trinajstić information content (AvgIpc) is 2.93. The third-order valence-corrected chi connectivity index (χ3v) is 8.69. The molecule has 25 heavy (non-hydrogen) atoms. The van der Waals surface area contributed by atoms with Crippen LogP contribution in [0.1, 0.15) is 65.2 Å². The van der Waals surface area contributed by atoms with Crippen LogP contribution in [0.15, 0.2) is 11.6 Å². The number of hydrogen-bond donors (Lipinski definition) is 1. The predicted molar refractivity (Wildman–Crippen MR) is 98.1 cm³/mol. The Morgan fingerprint density at radius 1 is 1.24 bits per heavy atom. The van der Waals surface area contributed by atoms with E-state index < -0.39 is 0 Å². The van der Waals surface area contributed by atoms with Gasteiger partial charge in [0.15, 0.2) is 0 Å². The van der Waals surface area contributed by atoms with Gasteiger partial charge in [0.2, 0.25) is 0 Å². The van der Waals surface area contributed by atoms with E-state index in [1.54, 1.807) is 6.92 Å². The molecule has 0 amide bonds. The molecule has 2 unspecified atom stereocenters. The summed E-state index contributed by atoms with van der Waals surface area (Å²) in [7, 11) is 1.83. The minimum absolute atomic E-state index is 0.145. The van der Waals surface area contributed by atoms with Gasteiger partial charge in [-0.3, -0.25) is 4.79 Å². The van der Waals surface area contributed by atoms with E-state index in [1.165, 1.54) is 24.8 Å². The van der Waals surface area contributed by atoms with Crippen LogP contribution in [-0.4, -0.2) is 30.7 Å². The van der Waals surface area contributed by atoms with E-state index in [1.807, 2.05) is 7.11 Å². The van der Waals surface area contributed by atoms with Crippen molar-refractivity contribution in [1.29, 1.82) is 0 Å². The maximum absolute atomic E-state index is 12.2. The molecule has 3 heteroatoms. The largest absolute Gasteiger partial charge is 0.393 e. The molecule has 140 valence electrons. The van der Waals surface area contributed by atoms with Crippen LogP contribution < -0.4 is 0 Å². The molecule has 0 heterocycles. The summed E-state index contributed by atoms with van der Waals surface area (Å²) in [5.41, 5.74) is 1.83. The highest BCUT2D eigenvalue weighted by atomic mass is 16.5. The minimum atomic E-state index is -0.171. The minimum Gasteiger partial charge on any atom is -0.393 e. The lowest BCUT2D eigenvalue weighted by Gasteiger charge is -2.58. The number of rotatable bonds is 3. The Morgan fingerprint density at radius 2 is 2.04 bits per heavy atom. The van der Waals surface area contributed by atoms with Crippen molar-refractivity contribution in [2.75, 3.05) is 13.7 Å². The fraction of sp³-hybridized carbons (Fsp3) is 0.864. The molecule has 1 N–H and O–H groups in total. The lowest BCUT2D eigenvalue weighted by molar-refractivity contribution is -0.128. The Bertz CT molecular complexity index is 582. The molecule has 0 aromatic rings. The van der Waals surface area contributed by atoms with E-state index in [-0.39, 0.29) is 22.9 Å². The van der Waals surface area contributed by atoms with Gasteiger partial charge < -0.3 is 9.84 Å². The van der Waals surface area contributed by atoms with Gasteiger partial charge in [-0.2, -0.15) is 0 Å². The third kappa shape index (κ3) is 2.49. The zero-order valence-electron chi connectivity index (χ0n) is 16.1. The van der Waals surface area contributed by atoms with Crippen molar-refractivity contribution >= 4 is 5.78 Å². The lowest BCUT2D eigenvalue weighted by atomic mass is 9.47. The van der Waals surface area contributed by atoms with Gasteiger partial charge in [0, 0.05) is 18.4 Å². The topological polar surface area (TPSA) is 46.5 Å². The number of ketones is 1. The molecule has 0 aliphatic heterocycles. The summed E-state index contributed by atoms with van der Waals surface area (Å²) >= 11 is 0. The summed E-state index contributed by atoms with van der Waals surface area (Å²) in [4.78, 5) is 12.2. The number of carbonyl (C=O) groups is 1. The van der Waals surface area contributed by atoms with Crippen LogP contribution in [0.25, 0.3) is 0 Å². The molecule has 4 aliphatic rings. The van der Waals surface area contributed by atoms with Gasteiger partial charge in [0.1, 0.15) is 5.78 Å². The van der Waals surface area contributed by atoms with E-state index in [9.17, 15) is 9.90 Å². The first-order valence-electron chi connectivity index (χ1n) is 10.3. The number of aliphatic hydroxyl groups is 1. The second-order valence-electron chi connectivity index (χ2n) is 9.61. The maximum Gasteiger partial charge on any atom is 0.133 e. The normalized spacial score (nSPS) is 49.0. The smallest absolute Gasteiger partial charge is 0.133 e. The number of carbonyl (C=O) groups excluding carboxylic acids is 1. The first-order chi connectivity index (χ1) is 11.9. The molecule has 4 rings (SSSR count). The zero-order valence-corrected chi connectivity index (χ0v) is 16.1. The summed E-state index contributed by atoms with van der Waals surface area (Å²) in [5, 5.41) is 10.2. The summed E-state index contributed by atoms with van der Waals surface area (Å²) in [6.07, 6.45) is 10.9. The Kier molecular flexibility index (Phi) is 4.39. The van der Waals surface area contributed by atoms with E-state index >= 15 is 0 Å². The SMILES string of the molecule is COCC12CC[C@H](O)CC1=CCC1[C@@H]2CC[C@]2(C)[C@@H](C(C)=O)CC[C@@H]12. The van der Waals surface area contributed by atoms with Crippen LogP contribution in [0.3, 0.4) is 0 Å². The van der Waals surface area contributed by atoms with Crippen molar-refractivity contribution in [3.8, 4) is 0 Å². The number of ether oxygens (including phenoxy) is 1. The molecule has 7 atom stereocenters. The lowest BCUT2D eigenvalue weighted by Crippen LogP contribution is -2.53. The van der Waals surface area contributed by atoms with Crippen LogP contribution in [-0.2, 0) is 9.53 Å². The molecule has 0 aromatic carbocycles. The Balaban J connectivity index is 1.69. The van der Waals surface area contributed by atoms with Crippen LogP contribution in [0, 0.1) is 34.5 Å². The maximum atomic E-state index is 12.2. The van der Waals surface area contributed by atoms with Gasteiger partial charge in [-0.15, -0.1) is 0 Å². The molecule has 4 aliphatic carbocycles. The van der Waals surface area contributed by atoms with Crippen LogP contribution in [0.4, 0.5) is 0 Å². The third-order valence-electron chi connectivity index (χ3n) is 8.69. The van der Waals surface area contributed by atoms with Gasteiger partial charge in [0.25, 0.3) is 0 Å². The first kappa shape index (κ1) is 17.7. The highest BCUT2D eigenvalue weighted by Crippen LogP contribution is 2.66. The van der Waals surface area contributed by atoms with Crippen LogP contribution >= 0.6 is 0 Å². The van der Waals surface area contributed by atoms with Crippen molar-refractivity contribution in [1.82, 2.24) is 0 Å². The standard InChI is InChI=1S/C22H34O3/c1-14(23)18-6-7-19-17-5-4-15-12-16(24)8-11-22(15,13-25-3)20(17)9-10-21(18,19)2/h4,16-20,24H,5-13H2,1-3H3/t16-,17?,18+,19-,20-,21+,22?/m0/s1. The van der Waals surface area contributed by atoms with Crippen molar-refractivity contribution in [2.45, 2.75) is 71.3 Å². The number of fused-ring (bicyclic) bond motifs is 5. The van der Waals surface area contributed by atoms with Crippen molar-refractivity contribution in [3.63, 3.8) is 0 Å². The second-order valence-corrected chi connectivity index (χ2v) is 9.61. The number of allylic oxidation sites excluding steroid dienone is 1. The fourth-order valence-corrected chi connectivity index (χ4v) is 7.63. The number of Topliss-reactive ketones (excluding diaryl/α,β-unsaturated/α-hetero) is 1. The number of aliphatic hydroxyl groups excluding tert-OH is 1. The molecule has 3 nitrogen and oxygen atoms in total. The van der Waals surface area contributed by atoms with E-state index in [2.05, 4.69) is 13.0 Å². The van der Waals surface area contributed by atoms with Gasteiger partial charge in [0.05, 0.1) is 12.7 Å². The first-order valence-corrected chi connectivity index (χ1v) is 10.3. The van der Waals surface area contributed by atoms with Crippen LogP contribution in [0.2, 0.25) is 0 Å². The highest BCUT2D eigenvalue weighted by molar-refractivity contribution is 5.79. The number of methoxy groups -OCH3 is 1. The van der Waals surface area contributed by atoms with E-state index in [4.69, 9.17) is 4.74 Å². The summed E-state index contributed by atoms with van der Waals surface area (Å²) in [6.45, 7) is 5.00. The highest BCUT2D eigenvalue weighted by Gasteiger charge is 2.60. The monoisotopic (exact) mass is 346 g/mol.